The zero-order chi connectivity index (χ0) is 12.2. The lowest BCUT2D eigenvalue weighted by Crippen LogP contribution is -2.17. The lowest BCUT2D eigenvalue weighted by Gasteiger charge is -2.17. The Labute approximate surface area is 102 Å². The summed E-state index contributed by atoms with van der Waals surface area (Å²) in [4.78, 5) is 11.3. The molecule has 1 rings (SSSR count). The highest BCUT2D eigenvalue weighted by molar-refractivity contribution is 7.99. The number of hydrogen-bond donors (Lipinski definition) is 1. The molecule has 0 aliphatic heterocycles. The molecule has 16 heavy (non-hydrogen) atoms. The number of nitrogens with one attached hydrogen (secondary N) is 1. The lowest BCUT2D eigenvalue weighted by atomic mass is 10.1. The number of hydrogen-bond acceptors (Lipinski definition) is 2. The number of amides is 1. The minimum absolute atomic E-state index is 0.0324. The van der Waals surface area contributed by atoms with Gasteiger partial charge < -0.3 is 5.32 Å². The fourth-order valence-corrected chi connectivity index (χ4v) is 1.99. The van der Waals surface area contributed by atoms with Gasteiger partial charge in [0.2, 0.25) is 0 Å². The molecular weight excluding hydrogens is 218 g/mol. The molecule has 0 aromatic heterocycles. The third-order valence-electron chi connectivity index (χ3n) is 2.12. The molecule has 1 N–H and O–H groups in total. The van der Waals surface area contributed by atoms with E-state index in [9.17, 15) is 4.79 Å². The van der Waals surface area contributed by atoms with Crippen LogP contribution in [0.3, 0.4) is 0 Å². The number of carbonyl (C=O) groups is 1. The summed E-state index contributed by atoms with van der Waals surface area (Å²) in [5.74, 6) is 0.951. The van der Waals surface area contributed by atoms with Gasteiger partial charge in [-0.2, -0.15) is 11.8 Å². The van der Waals surface area contributed by atoms with Crippen LogP contribution in [0.5, 0.6) is 0 Å². The highest BCUT2D eigenvalue weighted by Crippen LogP contribution is 2.27. The van der Waals surface area contributed by atoms with Crippen molar-refractivity contribution in [3.05, 3.63) is 35.4 Å². The molecular formula is C13H19NOS. The number of carbonyl (C=O) groups excluding carboxylic acids is 1. The monoisotopic (exact) mass is 237 g/mol. The predicted octanol–water partition coefficient (Wildman–Crippen LogP) is 3.08. The van der Waals surface area contributed by atoms with Crippen molar-refractivity contribution in [1.29, 1.82) is 0 Å². The molecule has 0 radical (unpaired) electrons. The van der Waals surface area contributed by atoms with Crippen LogP contribution in [0.2, 0.25) is 0 Å². The van der Waals surface area contributed by atoms with Crippen molar-refractivity contribution in [3.63, 3.8) is 0 Å². The van der Waals surface area contributed by atoms with Gasteiger partial charge in [-0.25, -0.2) is 0 Å². The zero-order valence-electron chi connectivity index (χ0n) is 10.3. The van der Waals surface area contributed by atoms with Crippen LogP contribution in [0.15, 0.2) is 24.3 Å². The largest absolute Gasteiger partial charge is 0.355 e. The first-order valence-corrected chi connectivity index (χ1v) is 6.36. The van der Waals surface area contributed by atoms with Gasteiger partial charge in [-0.15, -0.1) is 0 Å². The molecule has 3 heteroatoms. The maximum absolute atomic E-state index is 11.3. The lowest BCUT2D eigenvalue weighted by molar-refractivity contribution is 0.0963. The minimum atomic E-state index is -0.0324. The SMILES string of the molecule is CNC(=O)c1ccc(CSC(C)(C)C)cc1. The van der Waals surface area contributed by atoms with E-state index >= 15 is 0 Å². The maximum Gasteiger partial charge on any atom is 0.251 e. The first-order chi connectivity index (χ1) is 7.42. The average Bonchev–Trinajstić information content (AvgIpc) is 2.25. The first-order valence-electron chi connectivity index (χ1n) is 5.37. The second kappa shape index (κ2) is 5.39. The molecule has 0 spiro atoms. The molecule has 0 saturated carbocycles. The molecule has 1 amide bonds. The minimum Gasteiger partial charge on any atom is -0.355 e. The van der Waals surface area contributed by atoms with Crippen molar-refractivity contribution >= 4 is 17.7 Å². The molecule has 88 valence electrons. The highest BCUT2D eigenvalue weighted by atomic mass is 32.2. The zero-order valence-corrected chi connectivity index (χ0v) is 11.1. The van der Waals surface area contributed by atoms with E-state index in [-0.39, 0.29) is 10.7 Å². The van der Waals surface area contributed by atoms with E-state index in [1.807, 2.05) is 36.0 Å². The Kier molecular flexibility index (Phi) is 4.42. The molecule has 1 aromatic carbocycles. The van der Waals surface area contributed by atoms with Gasteiger partial charge in [-0.3, -0.25) is 4.79 Å². The quantitative estimate of drug-likeness (QED) is 0.875. The van der Waals surface area contributed by atoms with Crippen LogP contribution in [0.1, 0.15) is 36.7 Å². The Morgan fingerprint density at radius 1 is 1.25 bits per heavy atom. The Balaban J connectivity index is 2.62. The van der Waals surface area contributed by atoms with Crippen LogP contribution in [0.4, 0.5) is 0 Å². The van der Waals surface area contributed by atoms with Crippen molar-refractivity contribution < 1.29 is 4.79 Å². The molecule has 0 fully saturated rings. The van der Waals surface area contributed by atoms with Crippen molar-refractivity contribution in [2.45, 2.75) is 31.3 Å². The molecule has 0 aliphatic rings. The Morgan fingerprint density at radius 3 is 2.25 bits per heavy atom. The molecule has 1 aromatic rings. The fraction of sp³-hybridized carbons (Fsp3) is 0.462. The van der Waals surface area contributed by atoms with E-state index in [1.165, 1.54) is 5.56 Å². The molecule has 2 nitrogen and oxygen atoms in total. The Bertz CT molecular complexity index is 351. The molecule has 0 saturated heterocycles. The fourth-order valence-electron chi connectivity index (χ4n) is 1.20. The van der Waals surface area contributed by atoms with Crippen LogP contribution < -0.4 is 5.32 Å². The summed E-state index contributed by atoms with van der Waals surface area (Å²) in [5, 5.41) is 2.61. The van der Waals surface area contributed by atoms with Gasteiger partial charge in [-0.1, -0.05) is 32.9 Å². The summed E-state index contributed by atoms with van der Waals surface area (Å²) in [6, 6.07) is 7.78. The van der Waals surface area contributed by atoms with E-state index < -0.39 is 0 Å². The van der Waals surface area contributed by atoms with Crippen molar-refractivity contribution in [2.24, 2.45) is 0 Å². The summed E-state index contributed by atoms with van der Waals surface area (Å²) in [6.07, 6.45) is 0. The molecule has 0 aliphatic carbocycles. The van der Waals surface area contributed by atoms with E-state index in [2.05, 4.69) is 26.1 Å². The summed E-state index contributed by atoms with van der Waals surface area (Å²) < 4.78 is 0.277. The standard InChI is InChI=1S/C13H19NOS/c1-13(2,3)16-9-10-5-7-11(8-6-10)12(15)14-4/h5-8H,9H2,1-4H3,(H,14,15). The van der Waals surface area contributed by atoms with Gasteiger partial charge in [0.15, 0.2) is 0 Å². The normalized spacial score (nSPS) is 11.2. The molecule has 0 atom stereocenters. The Hall–Kier alpha value is -0.960. The van der Waals surface area contributed by atoms with Gasteiger partial charge >= 0.3 is 0 Å². The third-order valence-corrected chi connectivity index (χ3v) is 3.46. The van der Waals surface area contributed by atoms with Crippen molar-refractivity contribution in [3.8, 4) is 0 Å². The summed E-state index contributed by atoms with van der Waals surface area (Å²) in [5.41, 5.74) is 1.97. The predicted molar refractivity (Wildman–Crippen MR) is 70.9 cm³/mol. The van der Waals surface area contributed by atoms with Crippen LogP contribution in [0, 0.1) is 0 Å². The molecule has 0 unspecified atom stereocenters. The topological polar surface area (TPSA) is 29.1 Å². The summed E-state index contributed by atoms with van der Waals surface area (Å²) in [7, 11) is 1.64. The van der Waals surface area contributed by atoms with Crippen LogP contribution in [0.25, 0.3) is 0 Å². The maximum atomic E-state index is 11.3. The highest BCUT2D eigenvalue weighted by Gasteiger charge is 2.10. The average molecular weight is 237 g/mol. The van der Waals surface area contributed by atoms with Gasteiger partial charge in [0.05, 0.1) is 0 Å². The summed E-state index contributed by atoms with van der Waals surface area (Å²) >= 11 is 1.91. The van der Waals surface area contributed by atoms with Crippen LogP contribution in [-0.2, 0) is 5.75 Å². The first kappa shape index (κ1) is 13.1. The van der Waals surface area contributed by atoms with Crippen LogP contribution >= 0.6 is 11.8 Å². The van der Waals surface area contributed by atoms with Crippen molar-refractivity contribution in [2.75, 3.05) is 7.05 Å². The number of rotatable bonds is 3. The van der Waals surface area contributed by atoms with E-state index in [0.29, 0.717) is 5.56 Å². The molecule has 0 bridgehead atoms. The van der Waals surface area contributed by atoms with E-state index in [1.54, 1.807) is 7.05 Å². The smallest absolute Gasteiger partial charge is 0.251 e. The van der Waals surface area contributed by atoms with Gasteiger partial charge in [0.1, 0.15) is 0 Å². The second-order valence-corrected chi connectivity index (χ2v) is 6.48. The summed E-state index contributed by atoms with van der Waals surface area (Å²) in [6.45, 7) is 6.61. The number of benzene rings is 1. The van der Waals surface area contributed by atoms with Gasteiger partial charge in [-0.05, 0) is 17.7 Å². The number of thioether (sulfide) groups is 1. The Morgan fingerprint density at radius 2 is 1.81 bits per heavy atom. The third kappa shape index (κ3) is 4.27. The second-order valence-electron chi connectivity index (χ2n) is 4.68. The van der Waals surface area contributed by atoms with E-state index in [4.69, 9.17) is 0 Å². The molecule has 0 heterocycles. The van der Waals surface area contributed by atoms with Crippen LogP contribution in [-0.4, -0.2) is 17.7 Å². The van der Waals surface area contributed by atoms with Crippen molar-refractivity contribution in [1.82, 2.24) is 5.32 Å². The van der Waals surface area contributed by atoms with Gasteiger partial charge in [0, 0.05) is 23.1 Å². The van der Waals surface area contributed by atoms with Gasteiger partial charge in [0.25, 0.3) is 5.91 Å². The van der Waals surface area contributed by atoms with E-state index in [0.717, 1.165) is 5.75 Å².